The summed E-state index contributed by atoms with van der Waals surface area (Å²) in [5, 5.41) is 54.1. The summed E-state index contributed by atoms with van der Waals surface area (Å²) >= 11 is 0. The average molecular weight is 621 g/mol. The molecule has 0 aromatic rings. The Kier molecular flexibility index (Phi) is 9.37. The number of rotatable bonds is 7. The van der Waals surface area contributed by atoms with E-state index in [-0.39, 0.29) is 33.5 Å². The molecule has 5 aliphatic rings. The molecule has 0 unspecified atom stereocenters. The third-order valence-corrected chi connectivity index (χ3v) is 14.5. The van der Waals surface area contributed by atoms with E-state index in [1.165, 1.54) is 24.8 Å². The highest BCUT2D eigenvalue weighted by atomic mass is 16.7. The molecule has 7 nitrogen and oxygen atoms in total. The molecular weight excluding hydrogens is 556 g/mol. The fourth-order valence-corrected chi connectivity index (χ4v) is 12.3. The minimum atomic E-state index is -1.49. The van der Waals surface area contributed by atoms with Gasteiger partial charge in [-0.05, 0) is 123 Å². The molecule has 5 N–H and O–H groups in total. The quantitative estimate of drug-likeness (QED) is 0.235. The first-order chi connectivity index (χ1) is 20.3. The summed E-state index contributed by atoms with van der Waals surface area (Å²) in [7, 11) is 0. The maximum atomic E-state index is 12.3. The SMILES string of the molecule is CC(C)=CCC[C@](C)(O[C@@H]1O[C@H](CO)[C@@H](O)[C@H](O)[C@H]1O)[C@H]1CC[C@]2(C)[C@@H]1[C@H](O)C[C@@H]1[C@@]3(C)CC[C@H](C)C[C@@H]3C(C)(C)C[C@]12C. The first kappa shape index (κ1) is 34.8. The second-order valence-electron chi connectivity index (χ2n) is 17.9. The van der Waals surface area contributed by atoms with Gasteiger partial charge in [-0.1, -0.05) is 59.6 Å². The van der Waals surface area contributed by atoms with Gasteiger partial charge in [-0.15, -0.1) is 0 Å². The molecule has 44 heavy (non-hydrogen) atoms. The van der Waals surface area contributed by atoms with E-state index in [2.05, 4.69) is 68.4 Å². The molecule has 0 aromatic heterocycles. The number of allylic oxidation sites excluding steroid dienone is 2. The van der Waals surface area contributed by atoms with Gasteiger partial charge in [0.2, 0.25) is 0 Å². The van der Waals surface area contributed by atoms with Crippen LogP contribution in [0.1, 0.15) is 120 Å². The van der Waals surface area contributed by atoms with Gasteiger partial charge in [0.1, 0.15) is 24.4 Å². The maximum absolute atomic E-state index is 12.3. The fraction of sp³-hybridized carbons (Fsp3) is 0.946. The number of aliphatic hydroxyl groups is 5. The van der Waals surface area contributed by atoms with E-state index < -0.39 is 49.0 Å². The third-order valence-electron chi connectivity index (χ3n) is 14.5. The van der Waals surface area contributed by atoms with Gasteiger partial charge in [-0.2, -0.15) is 0 Å². The number of aliphatic hydroxyl groups excluding tert-OH is 5. The molecule has 15 atom stereocenters. The van der Waals surface area contributed by atoms with Crippen molar-refractivity contribution in [2.24, 2.45) is 51.2 Å². The molecule has 0 amide bonds. The van der Waals surface area contributed by atoms with Crippen LogP contribution in [0.2, 0.25) is 0 Å². The van der Waals surface area contributed by atoms with Gasteiger partial charge in [-0.25, -0.2) is 0 Å². The Labute approximate surface area is 266 Å². The molecule has 0 aromatic carbocycles. The van der Waals surface area contributed by atoms with Crippen LogP contribution in [0, 0.1) is 51.2 Å². The predicted molar refractivity (Wildman–Crippen MR) is 171 cm³/mol. The summed E-state index contributed by atoms with van der Waals surface area (Å²) in [6.07, 6.45) is 4.27. The van der Waals surface area contributed by atoms with Crippen LogP contribution >= 0.6 is 0 Å². The van der Waals surface area contributed by atoms with Gasteiger partial charge >= 0.3 is 0 Å². The summed E-state index contributed by atoms with van der Waals surface area (Å²) in [4.78, 5) is 0. The average Bonchev–Trinajstić information content (AvgIpc) is 3.32. The first-order valence-corrected chi connectivity index (χ1v) is 17.6. The van der Waals surface area contributed by atoms with Crippen LogP contribution in [0.5, 0.6) is 0 Å². The van der Waals surface area contributed by atoms with Gasteiger partial charge in [0.25, 0.3) is 0 Å². The Morgan fingerprint density at radius 2 is 1.59 bits per heavy atom. The van der Waals surface area contributed by atoms with E-state index >= 15 is 0 Å². The largest absolute Gasteiger partial charge is 0.394 e. The van der Waals surface area contributed by atoms with Crippen LogP contribution in [0.4, 0.5) is 0 Å². The van der Waals surface area contributed by atoms with Crippen molar-refractivity contribution >= 4 is 0 Å². The summed E-state index contributed by atoms with van der Waals surface area (Å²) in [5.74, 6) is 1.90. The molecule has 1 aliphatic heterocycles. The Hall–Kier alpha value is -0.540. The van der Waals surface area contributed by atoms with E-state index in [9.17, 15) is 25.5 Å². The van der Waals surface area contributed by atoms with Crippen LogP contribution in [0.15, 0.2) is 11.6 Å². The standard InChI is InChI=1S/C37H64O7/c1-21(2)11-10-14-37(9,44-32-31(42)30(41)29(40)25(19-38)43-32)23-13-16-35(7)28(23)24(39)18-27-34(6)15-12-22(3)17-26(34)33(4,5)20-36(27,35)8/h11,22-32,38-42H,10,12-20H2,1-9H3/t22-,23-,24+,25+,26+,27+,28-,29+,30-,31+,32-,34-,35+,36+,37-/m0/s1. The summed E-state index contributed by atoms with van der Waals surface area (Å²) in [6.45, 7) is 20.8. The van der Waals surface area contributed by atoms with Crippen LogP contribution in [-0.2, 0) is 9.47 Å². The molecule has 4 aliphatic carbocycles. The number of hydrogen-bond donors (Lipinski definition) is 5. The van der Waals surface area contributed by atoms with Gasteiger partial charge in [0.05, 0.1) is 18.3 Å². The highest BCUT2D eigenvalue weighted by molar-refractivity contribution is 5.21. The van der Waals surface area contributed by atoms with Gasteiger partial charge in [0, 0.05) is 0 Å². The molecule has 1 saturated heterocycles. The molecule has 1 heterocycles. The predicted octanol–water partition coefficient (Wildman–Crippen LogP) is 5.60. The lowest BCUT2D eigenvalue weighted by atomic mass is 9.33. The fourth-order valence-electron chi connectivity index (χ4n) is 12.3. The van der Waals surface area contributed by atoms with Crippen molar-refractivity contribution < 1.29 is 35.0 Å². The van der Waals surface area contributed by atoms with Crippen molar-refractivity contribution in [1.29, 1.82) is 0 Å². The lowest BCUT2D eigenvalue weighted by Crippen LogP contribution is -2.67. The van der Waals surface area contributed by atoms with Crippen LogP contribution in [0.25, 0.3) is 0 Å². The van der Waals surface area contributed by atoms with E-state index in [1.807, 2.05) is 0 Å². The van der Waals surface area contributed by atoms with Crippen molar-refractivity contribution in [3.05, 3.63) is 11.6 Å². The first-order valence-electron chi connectivity index (χ1n) is 17.6. The number of fused-ring (bicyclic) bond motifs is 5. The number of ether oxygens (including phenoxy) is 2. The lowest BCUT2D eigenvalue weighted by molar-refractivity contribution is -0.336. The smallest absolute Gasteiger partial charge is 0.187 e. The van der Waals surface area contributed by atoms with Crippen molar-refractivity contribution in [3.63, 3.8) is 0 Å². The Morgan fingerprint density at radius 3 is 2.23 bits per heavy atom. The minimum absolute atomic E-state index is 0.0122. The maximum Gasteiger partial charge on any atom is 0.187 e. The van der Waals surface area contributed by atoms with Crippen LogP contribution < -0.4 is 0 Å². The lowest BCUT2D eigenvalue weighted by Gasteiger charge is -2.72. The van der Waals surface area contributed by atoms with Gasteiger partial charge < -0.3 is 35.0 Å². The molecule has 254 valence electrons. The van der Waals surface area contributed by atoms with Crippen LogP contribution in [-0.4, -0.2) is 74.6 Å². The minimum Gasteiger partial charge on any atom is -0.394 e. The highest BCUT2D eigenvalue weighted by Crippen LogP contribution is 2.77. The normalized spacial score (nSPS) is 51.5. The van der Waals surface area contributed by atoms with E-state index in [0.29, 0.717) is 18.3 Å². The van der Waals surface area contributed by atoms with Crippen LogP contribution in [0.3, 0.4) is 0 Å². The van der Waals surface area contributed by atoms with E-state index in [1.54, 1.807) is 0 Å². The molecule has 0 spiro atoms. The summed E-state index contributed by atoms with van der Waals surface area (Å²) in [5.41, 5.74) is 0.829. The molecule has 7 heteroatoms. The topological polar surface area (TPSA) is 120 Å². The highest BCUT2D eigenvalue weighted by Gasteiger charge is 2.72. The Balaban J connectivity index is 1.51. The van der Waals surface area contributed by atoms with E-state index in [0.717, 1.165) is 38.0 Å². The molecule has 5 fully saturated rings. The van der Waals surface area contributed by atoms with Crippen molar-refractivity contribution in [2.75, 3.05) is 6.61 Å². The summed E-state index contributed by atoms with van der Waals surface area (Å²) in [6, 6.07) is 0. The zero-order valence-electron chi connectivity index (χ0n) is 29.1. The second-order valence-corrected chi connectivity index (χ2v) is 17.9. The molecule has 0 radical (unpaired) electrons. The molecule has 4 saturated carbocycles. The molecule has 5 rings (SSSR count). The Morgan fingerprint density at radius 1 is 0.909 bits per heavy atom. The van der Waals surface area contributed by atoms with E-state index in [4.69, 9.17) is 9.47 Å². The van der Waals surface area contributed by atoms with Crippen molar-refractivity contribution in [2.45, 2.75) is 163 Å². The zero-order valence-corrected chi connectivity index (χ0v) is 29.1. The number of hydrogen-bond acceptors (Lipinski definition) is 7. The van der Waals surface area contributed by atoms with Crippen molar-refractivity contribution in [1.82, 2.24) is 0 Å². The zero-order chi connectivity index (χ0) is 32.6. The Bertz CT molecular complexity index is 1070. The molecule has 0 bridgehead atoms. The summed E-state index contributed by atoms with van der Waals surface area (Å²) < 4.78 is 12.7. The van der Waals surface area contributed by atoms with Crippen molar-refractivity contribution in [3.8, 4) is 0 Å². The third kappa shape index (κ3) is 5.37. The molecular formula is C37H64O7. The van der Waals surface area contributed by atoms with Gasteiger partial charge in [-0.3, -0.25) is 0 Å². The monoisotopic (exact) mass is 620 g/mol. The van der Waals surface area contributed by atoms with Gasteiger partial charge in [0.15, 0.2) is 6.29 Å². The second kappa shape index (κ2) is 11.9.